The van der Waals surface area contributed by atoms with Gasteiger partial charge in [-0.05, 0) is 47.5 Å². The minimum Gasteiger partial charge on any atom is -0.381 e. The first kappa shape index (κ1) is 19.4. The normalized spacial score (nSPS) is 11.9. The molecule has 0 atom stereocenters. The van der Waals surface area contributed by atoms with Crippen LogP contribution in [0, 0.1) is 0 Å². The molecule has 5 heteroatoms. The second-order valence-corrected chi connectivity index (χ2v) is 6.09. The van der Waals surface area contributed by atoms with E-state index >= 15 is 0 Å². The Labute approximate surface area is 123 Å². The molecule has 0 aliphatic rings. The van der Waals surface area contributed by atoms with Gasteiger partial charge in [-0.1, -0.05) is 0 Å². The Morgan fingerprint density at radius 1 is 1.00 bits per heavy atom. The summed E-state index contributed by atoms with van der Waals surface area (Å²) in [4.78, 5) is 11.4. The molecule has 0 aliphatic carbocycles. The zero-order valence-corrected chi connectivity index (χ0v) is 13.7. The van der Waals surface area contributed by atoms with Crippen molar-refractivity contribution in [3.05, 3.63) is 0 Å². The number of hydrogen-bond acceptors (Lipinski definition) is 4. The number of ether oxygens (including phenoxy) is 3. The van der Waals surface area contributed by atoms with Crippen molar-refractivity contribution in [2.75, 3.05) is 33.0 Å². The van der Waals surface area contributed by atoms with Gasteiger partial charge >= 0.3 is 0 Å². The number of nitrogens with one attached hydrogen (secondary N) is 1. The molecule has 0 unspecified atom stereocenters. The van der Waals surface area contributed by atoms with Gasteiger partial charge in [0.25, 0.3) is 0 Å². The number of amides is 1. The van der Waals surface area contributed by atoms with Crippen LogP contribution in [-0.4, -0.2) is 50.6 Å². The van der Waals surface area contributed by atoms with Crippen LogP contribution in [-0.2, 0) is 19.0 Å². The third-order valence-corrected chi connectivity index (χ3v) is 2.21. The molecule has 0 rings (SSSR count). The first-order valence-corrected chi connectivity index (χ1v) is 7.39. The van der Waals surface area contributed by atoms with Crippen LogP contribution in [0.4, 0.5) is 0 Å². The largest absolute Gasteiger partial charge is 0.381 e. The van der Waals surface area contributed by atoms with Gasteiger partial charge in [0, 0.05) is 32.0 Å². The molecular weight excluding hydrogens is 258 g/mol. The molecule has 0 bridgehead atoms. The molecule has 0 heterocycles. The van der Waals surface area contributed by atoms with Gasteiger partial charge in [0.1, 0.15) is 6.61 Å². The maximum Gasteiger partial charge on any atom is 0.246 e. The molecule has 0 spiro atoms. The topological polar surface area (TPSA) is 56.8 Å². The van der Waals surface area contributed by atoms with E-state index in [0.29, 0.717) is 19.8 Å². The molecule has 0 saturated carbocycles. The zero-order chi connectivity index (χ0) is 15.4. The Bertz CT molecular complexity index is 249. The molecule has 0 radical (unpaired) electrons. The Balaban J connectivity index is 3.23. The van der Waals surface area contributed by atoms with Gasteiger partial charge in [-0.3, -0.25) is 4.79 Å². The standard InChI is InChI=1S/C15H31NO4/c1-13(2)20-11-7-9-18-8-6-10-19-12-14(17)16-15(3,4)5/h13H,6-12H2,1-5H3,(H,16,17). The van der Waals surface area contributed by atoms with E-state index in [4.69, 9.17) is 14.2 Å². The van der Waals surface area contributed by atoms with Gasteiger partial charge in [-0.15, -0.1) is 0 Å². The summed E-state index contributed by atoms with van der Waals surface area (Å²) in [6, 6.07) is 0. The van der Waals surface area contributed by atoms with E-state index in [-0.39, 0.29) is 24.2 Å². The monoisotopic (exact) mass is 289 g/mol. The van der Waals surface area contributed by atoms with E-state index in [1.807, 2.05) is 34.6 Å². The summed E-state index contributed by atoms with van der Waals surface area (Å²) >= 11 is 0. The fourth-order valence-corrected chi connectivity index (χ4v) is 1.46. The van der Waals surface area contributed by atoms with E-state index in [9.17, 15) is 4.79 Å². The van der Waals surface area contributed by atoms with Gasteiger partial charge in [0.05, 0.1) is 6.10 Å². The SMILES string of the molecule is CC(C)OCCCOCCCOCC(=O)NC(C)(C)C. The predicted octanol–water partition coefficient (Wildman–Crippen LogP) is 2.14. The van der Waals surface area contributed by atoms with Crippen LogP contribution in [0.2, 0.25) is 0 Å². The van der Waals surface area contributed by atoms with E-state index in [1.54, 1.807) is 0 Å². The van der Waals surface area contributed by atoms with Crippen LogP contribution in [0.1, 0.15) is 47.5 Å². The van der Waals surface area contributed by atoms with Gasteiger partial charge in [-0.2, -0.15) is 0 Å². The Kier molecular flexibility index (Phi) is 10.7. The van der Waals surface area contributed by atoms with Crippen molar-refractivity contribution in [3.63, 3.8) is 0 Å². The van der Waals surface area contributed by atoms with Crippen molar-refractivity contribution in [2.24, 2.45) is 0 Å². The molecule has 1 amide bonds. The fraction of sp³-hybridized carbons (Fsp3) is 0.933. The third kappa shape index (κ3) is 15.4. The highest BCUT2D eigenvalue weighted by atomic mass is 16.5. The summed E-state index contributed by atoms with van der Waals surface area (Å²) in [5.41, 5.74) is -0.207. The number of rotatable bonds is 11. The van der Waals surface area contributed by atoms with Crippen molar-refractivity contribution < 1.29 is 19.0 Å². The van der Waals surface area contributed by atoms with Crippen molar-refractivity contribution in [1.29, 1.82) is 0 Å². The van der Waals surface area contributed by atoms with Crippen LogP contribution < -0.4 is 5.32 Å². The summed E-state index contributed by atoms with van der Waals surface area (Å²) in [5, 5.41) is 2.84. The average Bonchev–Trinajstić information content (AvgIpc) is 2.28. The molecule has 0 aromatic heterocycles. The van der Waals surface area contributed by atoms with Crippen molar-refractivity contribution in [1.82, 2.24) is 5.32 Å². The van der Waals surface area contributed by atoms with E-state index in [2.05, 4.69) is 5.32 Å². The summed E-state index contributed by atoms with van der Waals surface area (Å²) in [5.74, 6) is -0.0794. The summed E-state index contributed by atoms with van der Waals surface area (Å²) in [6.45, 7) is 12.6. The predicted molar refractivity (Wildman–Crippen MR) is 79.9 cm³/mol. The first-order chi connectivity index (χ1) is 9.31. The van der Waals surface area contributed by atoms with Gasteiger partial charge in [0.2, 0.25) is 5.91 Å². The highest BCUT2D eigenvalue weighted by Crippen LogP contribution is 1.98. The lowest BCUT2D eigenvalue weighted by atomic mass is 10.1. The van der Waals surface area contributed by atoms with Crippen LogP contribution >= 0.6 is 0 Å². The molecule has 0 fully saturated rings. The smallest absolute Gasteiger partial charge is 0.246 e. The molecule has 5 nitrogen and oxygen atoms in total. The average molecular weight is 289 g/mol. The maximum atomic E-state index is 11.4. The molecule has 120 valence electrons. The zero-order valence-electron chi connectivity index (χ0n) is 13.7. The Hall–Kier alpha value is -0.650. The lowest BCUT2D eigenvalue weighted by molar-refractivity contribution is -0.127. The molecule has 1 N–H and O–H groups in total. The molecule has 20 heavy (non-hydrogen) atoms. The van der Waals surface area contributed by atoms with Crippen LogP contribution in [0.25, 0.3) is 0 Å². The Morgan fingerprint density at radius 2 is 1.55 bits per heavy atom. The quantitative estimate of drug-likeness (QED) is 0.592. The number of carbonyl (C=O) groups is 1. The van der Waals surface area contributed by atoms with E-state index in [1.165, 1.54) is 0 Å². The second-order valence-electron chi connectivity index (χ2n) is 6.09. The molecule has 0 aromatic rings. The second kappa shape index (κ2) is 11.1. The van der Waals surface area contributed by atoms with E-state index in [0.717, 1.165) is 19.4 Å². The van der Waals surface area contributed by atoms with Crippen LogP contribution in [0.5, 0.6) is 0 Å². The molecule has 0 aliphatic heterocycles. The maximum absolute atomic E-state index is 11.4. The summed E-state index contributed by atoms with van der Waals surface area (Å²) in [7, 11) is 0. The van der Waals surface area contributed by atoms with Gasteiger partial charge in [-0.25, -0.2) is 0 Å². The van der Waals surface area contributed by atoms with Crippen molar-refractivity contribution >= 4 is 5.91 Å². The fourth-order valence-electron chi connectivity index (χ4n) is 1.46. The highest BCUT2D eigenvalue weighted by molar-refractivity contribution is 5.77. The van der Waals surface area contributed by atoms with Crippen molar-refractivity contribution in [2.45, 2.75) is 59.1 Å². The van der Waals surface area contributed by atoms with E-state index < -0.39 is 0 Å². The summed E-state index contributed by atoms with van der Waals surface area (Å²) < 4.78 is 16.1. The first-order valence-electron chi connectivity index (χ1n) is 7.39. The van der Waals surface area contributed by atoms with Crippen molar-refractivity contribution in [3.8, 4) is 0 Å². The van der Waals surface area contributed by atoms with Gasteiger partial charge in [0.15, 0.2) is 0 Å². The summed E-state index contributed by atoms with van der Waals surface area (Å²) in [6.07, 6.45) is 1.99. The minimum atomic E-state index is -0.207. The molecule has 0 saturated heterocycles. The Morgan fingerprint density at radius 3 is 2.10 bits per heavy atom. The highest BCUT2D eigenvalue weighted by Gasteiger charge is 2.13. The van der Waals surface area contributed by atoms with Crippen LogP contribution in [0.3, 0.4) is 0 Å². The third-order valence-electron chi connectivity index (χ3n) is 2.21. The lowest BCUT2D eigenvalue weighted by Gasteiger charge is -2.20. The lowest BCUT2D eigenvalue weighted by Crippen LogP contribution is -2.42. The molecule has 0 aromatic carbocycles. The molecular formula is C15H31NO4. The minimum absolute atomic E-state index is 0.0794. The number of hydrogen-bond donors (Lipinski definition) is 1. The van der Waals surface area contributed by atoms with Crippen LogP contribution in [0.15, 0.2) is 0 Å². The number of carbonyl (C=O) groups excluding carboxylic acids is 1. The van der Waals surface area contributed by atoms with Gasteiger partial charge < -0.3 is 19.5 Å².